The highest BCUT2D eigenvalue weighted by Crippen LogP contribution is 2.24. The van der Waals surface area contributed by atoms with Gasteiger partial charge in [0.1, 0.15) is 17.4 Å². The summed E-state index contributed by atoms with van der Waals surface area (Å²) in [5, 5.41) is 6.26. The van der Waals surface area contributed by atoms with Crippen molar-refractivity contribution >= 4 is 11.3 Å². The lowest BCUT2D eigenvalue weighted by Gasteiger charge is -2.11. The van der Waals surface area contributed by atoms with E-state index in [0.29, 0.717) is 6.61 Å². The van der Waals surface area contributed by atoms with Crippen LogP contribution in [0.25, 0.3) is 0 Å². The van der Waals surface area contributed by atoms with Crippen LogP contribution in [0.5, 0.6) is 5.75 Å². The summed E-state index contributed by atoms with van der Waals surface area (Å²) in [6.45, 7) is 7.64. The van der Waals surface area contributed by atoms with E-state index in [9.17, 15) is 0 Å². The fraction of sp³-hybridized carbons (Fsp3) is 0.400. The third-order valence-electron chi connectivity index (χ3n) is 3.07. The lowest BCUT2D eigenvalue weighted by molar-refractivity contribution is 0.299. The molecule has 0 unspecified atom stereocenters. The third kappa shape index (κ3) is 3.55. The van der Waals surface area contributed by atoms with Gasteiger partial charge in [-0.05, 0) is 50.6 Å². The number of ether oxygens (including phenoxy) is 1. The molecule has 0 spiro atoms. The van der Waals surface area contributed by atoms with Crippen molar-refractivity contribution in [3.63, 3.8) is 0 Å². The molecule has 0 fully saturated rings. The molecule has 0 radical (unpaired) electrons. The molecule has 19 heavy (non-hydrogen) atoms. The molecule has 0 amide bonds. The van der Waals surface area contributed by atoms with Crippen molar-refractivity contribution in [2.75, 3.05) is 7.05 Å². The van der Waals surface area contributed by atoms with E-state index in [1.165, 1.54) is 16.7 Å². The van der Waals surface area contributed by atoms with E-state index < -0.39 is 0 Å². The van der Waals surface area contributed by atoms with Gasteiger partial charge in [-0.25, -0.2) is 4.98 Å². The highest BCUT2D eigenvalue weighted by molar-refractivity contribution is 7.09. The maximum atomic E-state index is 5.90. The topological polar surface area (TPSA) is 34.2 Å². The number of rotatable bonds is 5. The van der Waals surface area contributed by atoms with Crippen molar-refractivity contribution in [1.82, 2.24) is 10.3 Å². The number of aryl methyl sites for hydroxylation is 2. The highest BCUT2D eigenvalue weighted by atomic mass is 32.1. The molecule has 0 bridgehead atoms. The predicted molar refractivity (Wildman–Crippen MR) is 79.9 cm³/mol. The van der Waals surface area contributed by atoms with Gasteiger partial charge in [-0.2, -0.15) is 0 Å². The maximum Gasteiger partial charge on any atom is 0.131 e. The number of nitrogens with zero attached hydrogens (tertiary/aromatic N) is 1. The van der Waals surface area contributed by atoms with Crippen LogP contribution in [0, 0.1) is 20.8 Å². The summed E-state index contributed by atoms with van der Waals surface area (Å²) in [7, 11) is 1.93. The van der Waals surface area contributed by atoms with E-state index in [4.69, 9.17) is 4.74 Å². The molecule has 1 heterocycles. The van der Waals surface area contributed by atoms with E-state index in [1.54, 1.807) is 11.3 Å². The molecule has 4 heteroatoms. The van der Waals surface area contributed by atoms with Gasteiger partial charge in [0.05, 0.1) is 5.69 Å². The summed E-state index contributed by atoms with van der Waals surface area (Å²) in [6, 6.07) is 4.26. The van der Waals surface area contributed by atoms with E-state index >= 15 is 0 Å². The molecule has 2 aromatic rings. The molecule has 0 saturated heterocycles. The average Bonchev–Trinajstić information content (AvgIpc) is 2.80. The lowest BCUT2D eigenvalue weighted by atomic mass is 10.1. The Bertz CT molecular complexity index is 563. The fourth-order valence-corrected chi connectivity index (χ4v) is 2.74. The molecular weight excluding hydrogens is 256 g/mol. The van der Waals surface area contributed by atoms with Crippen molar-refractivity contribution in [2.24, 2.45) is 0 Å². The monoisotopic (exact) mass is 276 g/mol. The quantitative estimate of drug-likeness (QED) is 0.909. The van der Waals surface area contributed by atoms with Gasteiger partial charge in [-0.15, -0.1) is 11.3 Å². The normalized spacial score (nSPS) is 10.7. The molecule has 0 saturated carbocycles. The van der Waals surface area contributed by atoms with Gasteiger partial charge < -0.3 is 10.1 Å². The van der Waals surface area contributed by atoms with Crippen LogP contribution >= 0.6 is 11.3 Å². The summed E-state index contributed by atoms with van der Waals surface area (Å²) in [5.74, 6) is 0.959. The Morgan fingerprint density at radius 2 is 2.05 bits per heavy atom. The zero-order valence-electron chi connectivity index (χ0n) is 11.9. The molecule has 0 aliphatic carbocycles. The average molecular weight is 276 g/mol. The van der Waals surface area contributed by atoms with Crippen molar-refractivity contribution in [2.45, 2.75) is 33.9 Å². The van der Waals surface area contributed by atoms with Crippen molar-refractivity contribution in [1.29, 1.82) is 0 Å². The smallest absolute Gasteiger partial charge is 0.131 e. The van der Waals surface area contributed by atoms with Crippen LogP contribution in [0.15, 0.2) is 17.5 Å². The first-order valence-electron chi connectivity index (χ1n) is 6.38. The number of nitrogens with one attached hydrogen (secondary N) is 1. The van der Waals surface area contributed by atoms with E-state index in [2.05, 4.69) is 48.6 Å². The molecular formula is C15H20N2OS. The zero-order chi connectivity index (χ0) is 13.8. The van der Waals surface area contributed by atoms with E-state index in [0.717, 1.165) is 23.0 Å². The van der Waals surface area contributed by atoms with Crippen LogP contribution in [0.3, 0.4) is 0 Å². The Kier molecular flexibility index (Phi) is 4.56. The predicted octanol–water partition coefficient (Wildman–Crippen LogP) is 3.37. The Hall–Kier alpha value is -1.39. The summed E-state index contributed by atoms with van der Waals surface area (Å²) < 4.78 is 5.90. The summed E-state index contributed by atoms with van der Waals surface area (Å²) in [6.07, 6.45) is 0. The fourth-order valence-electron chi connectivity index (χ4n) is 1.95. The van der Waals surface area contributed by atoms with Gasteiger partial charge in [-0.3, -0.25) is 0 Å². The van der Waals surface area contributed by atoms with Crippen molar-refractivity contribution < 1.29 is 4.74 Å². The minimum atomic E-state index is 0.532. The molecule has 3 nitrogen and oxygen atoms in total. The summed E-state index contributed by atoms with van der Waals surface area (Å²) in [4.78, 5) is 4.52. The van der Waals surface area contributed by atoms with Crippen molar-refractivity contribution in [3.8, 4) is 5.75 Å². The molecule has 1 aromatic carbocycles. The van der Waals surface area contributed by atoms with Gasteiger partial charge in [0.2, 0.25) is 0 Å². The Morgan fingerprint density at radius 3 is 2.79 bits per heavy atom. The number of benzene rings is 1. The summed E-state index contributed by atoms with van der Waals surface area (Å²) in [5.41, 5.74) is 4.70. The minimum Gasteiger partial charge on any atom is -0.487 e. The number of hydrogen-bond donors (Lipinski definition) is 1. The van der Waals surface area contributed by atoms with Crippen LogP contribution in [-0.4, -0.2) is 12.0 Å². The maximum absolute atomic E-state index is 5.90. The van der Waals surface area contributed by atoms with Crippen LogP contribution in [0.2, 0.25) is 0 Å². The van der Waals surface area contributed by atoms with Crippen LogP contribution < -0.4 is 10.1 Å². The number of aromatic nitrogens is 1. The second-order valence-electron chi connectivity index (χ2n) is 4.76. The third-order valence-corrected chi connectivity index (χ3v) is 3.96. The van der Waals surface area contributed by atoms with Crippen LogP contribution in [0.4, 0.5) is 0 Å². The van der Waals surface area contributed by atoms with Crippen LogP contribution in [0.1, 0.15) is 27.4 Å². The second-order valence-corrected chi connectivity index (χ2v) is 5.70. The highest BCUT2D eigenvalue weighted by Gasteiger charge is 2.06. The largest absolute Gasteiger partial charge is 0.487 e. The molecule has 1 aromatic heterocycles. The minimum absolute atomic E-state index is 0.532. The lowest BCUT2D eigenvalue weighted by Crippen LogP contribution is -2.05. The summed E-state index contributed by atoms with van der Waals surface area (Å²) >= 11 is 1.67. The molecule has 1 N–H and O–H groups in total. The van der Waals surface area contributed by atoms with Crippen LogP contribution in [-0.2, 0) is 13.2 Å². The Labute approximate surface area is 118 Å². The van der Waals surface area contributed by atoms with Gasteiger partial charge in [0, 0.05) is 11.9 Å². The van der Waals surface area contributed by atoms with Crippen molar-refractivity contribution in [3.05, 3.63) is 44.9 Å². The van der Waals surface area contributed by atoms with Gasteiger partial charge >= 0.3 is 0 Å². The number of hydrogen-bond acceptors (Lipinski definition) is 4. The van der Waals surface area contributed by atoms with E-state index in [1.807, 2.05) is 7.05 Å². The molecule has 0 aliphatic rings. The molecule has 102 valence electrons. The molecule has 0 aliphatic heterocycles. The Morgan fingerprint density at radius 1 is 1.26 bits per heavy atom. The van der Waals surface area contributed by atoms with E-state index in [-0.39, 0.29) is 0 Å². The van der Waals surface area contributed by atoms with Gasteiger partial charge in [0.25, 0.3) is 0 Å². The standard InChI is InChI=1S/C15H20N2OS/c1-10-5-11(2)12(3)14(6-10)18-8-13-9-19-15(17-13)7-16-4/h5-6,9,16H,7-8H2,1-4H3. The number of thiazole rings is 1. The first-order valence-corrected chi connectivity index (χ1v) is 7.26. The molecule has 2 rings (SSSR count). The van der Waals surface area contributed by atoms with Gasteiger partial charge in [0.15, 0.2) is 0 Å². The first-order chi connectivity index (χ1) is 9.10. The second kappa shape index (κ2) is 6.17. The first kappa shape index (κ1) is 14.0. The molecule has 0 atom stereocenters. The van der Waals surface area contributed by atoms with Gasteiger partial charge in [-0.1, -0.05) is 6.07 Å². The zero-order valence-corrected chi connectivity index (χ0v) is 12.7. The SMILES string of the molecule is CNCc1nc(COc2cc(C)cc(C)c2C)cs1. The Balaban J connectivity index is 2.05.